The average Bonchev–Trinajstić information content (AvgIpc) is 2.73. The third kappa shape index (κ3) is 1.15. The summed E-state index contributed by atoms with van der Waals surface area (Å²) in [4.78, 5) is 15.1. The van der Waals surface area contributed by atoms with E-state index in [2.05, 4.69) is 4.98 Å². The van der Waals surface area contributed by atoms with Gasteiger partial charge >= 0.3 is 0 Å². The molecule has 0 radical (unpaired) electrons. The number of fused-ring (bicyclic) bond motifs is 2. The summed E-state index contributed by atoms with van der Waals surface area (Å²) in [5, 5.41) is 1.06. The van der Waals surface area contributed by atoms with Gasteiger partial charge in [-0.3, -0.25) is 4.79 Å². The molecular weight excluding hydrogens is 202 g/mol. The highest BCUT2D eigenvalue weighted by Gasteiger charge is 2.10. The molecule has 0 spiro atoms. The highest BCUT2D eigenvalue weighted by molar-refractivity contribution is 5.96. The van der Waals surface area contributed by atoms with E-state index in [4.69, 9.17) is 4.42 Å². The van der Waals surface area contributed by atoms with Gasteiger partial charge in [-0.25, -0.2) is 4.98 Å². The van der Waals surface area contributed by atoms with Crippen LogP contribution in [0.4, 0.5) is 0 Å². The van der Waals surface area contributed by atoms with E-state index in [0.717, 1.165) is 22.0 Å². The van der Waals surface area contributed by atoms with Crippen molar-refractivity contribution < 1.29 is 9.21 Å². The maximum absolute atomic E-state index is 10.7. The summed E-state index contributed by atoms with van der Waals surface area (Å²) in [6.45, 7) is 1.98. The second-order valence-corrected chi connectivity index (χ2v) is 3.73. The molecule has 3 rings (SSSR count). The van der Waals surface area contributed by atoms with Crippen molar-refractivity contribution in [1.29, 1.82) is 0 Å². The minimum Gasteiger partial charge on any atom is -0.451 e. The molecule has 3 nitrogen and oxygen atoms in total. The summed E-state index contributed by atoms with van der Waals surface area (Å²) in [7, 11) is 0. The maximum Gasteiger partial charge on any atom is 0.185 e. The van der Waals surface area contributed by atoms with Gasteiger partial charge in [0.05, 0.1) is 5.52 Å². The molecule has 0 saturated heterocycles. The minimum atomic E-state index is 0.320. The third-order valence-electron chi connectivity index (χ3n) is 2.74. The van der Waals surface area contributed by atoms with Crippen molar-refractivity contribution in [2.45, 2.75) is 6.92 Å². The van der Waals surface area contributed by atoms with Crippen LogP contribution in [-0.4, -0.2) is 11.3 Å². The Morgan fingerprint density at radius 2 is 2.06 bits per heavy atom. The van der Waals surface area contributed by atoms with Crippen LogP contribution >= 0.6 is 0 Å². The van der Waals surface area contributed by atoms with E-state index in [9.17, 15) is 4.79 Å². The SMILES string of the molecule is Cc1c2ccccc2nc2cc(C=O)oc12. The molecule has 0 unspecified atom stereocenters. The van der Waals surface area contributed by atoms with Crippen LogP contribution in [0.15, 0.2) is 34.7 Å². The number of aromatic nitrogens is 1. The summed E-state index contributed by atoms with van der Waals surface area (Å²) in [6, 6.07) is 9.53. The Hall–Kier alpha value is -2.16. The first-order valence-electron chi connectivity index (χ1n) is 5.03. The maximum atomic E-state index is 10.7. The molecule has 3 aromatic rings. The predicted molar refractivity (Wildman–Crippen MR) is 61.6 cm³/mol. The van der Waals surface area contributed by atoms with Crippen molar-refractivity contribution in [2.75, 3.05) is 0 Å². The minimum absolute atomic E-state index is 0.320. The molecule has 0 aliphatic carbocycles. The van der Waals surface area contributed by atoms with Gasteiger partial charge in [-0.1, -0.05) is 18.2 Å². The van der Waals surface area contributed by atoms with Gasteiger partial charge < -0.3 is 4.42 Å². The zero-order chi connectivity index (χ0) is 11.1. The number of carbonyl (C=O) groups is 1. The van der Waals surface area contributed by atoms with Crippen LogP contribution in [-0.2, 0) is 0 Å². The highest BCUT2D eigenvalue weighted by atomic mass is 16.3. The molecule has 1 aromatic carbocycles. The normalized spacial score (nSPS) is 11.1. The molecule has 0 N–H and O–H groups in total. The summed E-state index contributed by atoms with van der Waals surface area (Å²) in [5.41, 5.74) is 3.37. The second-order valence-electron chi connectivity index (χ2n) is 3.73. The first-order valence-corrected chi connectivity index (χ1v) is 5.03. The van der Waals surface area contributed by atoms with Crippen LogP contribution in [0, 0.1) is 6.92 Å². The lowest BCUT2D eigenvalue weighted by atomic mass is 10.1. The molecule has 0 amide bonds. The van der Waals surface area contributed by atoms with E-state index in [1.807, 2.05) is 31.2 Å². The standard InChI is InChI=1S/C13H9NO2/c1-8-10-4-2-3-5-11(10)14-12-6-9(7-15)16-13(8)12/h2-7H,1H3. The van der Waals surface area contributed by atoms with E-state index >= 15 is 0 Å². The molecule has 0 fully saturated rings. The number of benzene rings is 1. The predicted octanol–water partition coefficient (Wildman–Crippen LogP) is 3.10. The lowest BCUT2D eigenvalue weighted by molar-refractivity contribution is 0.110. The van der Waals surface area contributed by atoms with E-state index < -0.39 is 0 Å². The van der Waals surface area contributed by atoms with Crippen LogP contribution < -0.4 is 0 Å². The number of furan rings is 1. The first-order chi connectivity index (χ1) is 7.79. The van der Waals surface area contributed by atoms with Gasteiger partial charge in [-0.2, -0.15) is 0 Å². The molecule has 2 aromatic heterocycles. The number of aldehydes is 1. The fourth-order valence-corrected chi connectivity index (χ4v) is 1.95. The van der Waals surface area contributed by atoms with E-state index in [1.165, 1.54) is 0 Å². The highest BCUT2D eigenvalue weighted by Crippen LogP contribution is 2.26. The molecule has 0 bridgehead atoms. The Kier molecular flexibility index (Phi) is 1.80. The lowest BCUT2D eigenvalue weighted by Gasteiger charge is -2.01. The number of hydrogen-bond donors (Lipinski definition) is 0. The molecule has 0 aliphatic heterocycles. The van der Waals surface area contributed by atoms with Crippen LogP contribution in [0.3, 0.4) is 0 Å². The Morgan fingerprint density at radius 1 is 1.25 bits per heavy atom. The fraction of sp³-hybridized carbons (Fsp3) is 0.0769. The van der Waals surface area contributed by atoms with Crippen molar-refractivity contribution in [1.82, 2.24) is 4.98 Å². The number of aryl methyl sites for hydroxylation is 1. The van der Waals surface area contributed by atoms with Crippen molar-refractivity contribution >= 4 is 28.3 Å². The lowest BCUT2D eigenvalue weighted by Crippen LogP contribution is -1.83. The van der Waals surface area contributed by atoms with Crippen molar-refractivity contribution in [3.63, 3.8) is 0 Å². The van der Waals surface area contributed by atoms with E-state index in [-0.39, 0.29) is 0 Å². The monoisotopic (exact) mass is 211 g/mol. The van der Waals surface area contributed by atoms with Gasteiger partial charge in [0.25, 0.3) is 0 Å². The number of nitrogens with zero attached hydrogens (tertiary/aromatic N) is 1. The van der Waals surface area contributed by atoms with Gasteiger partial charge in [0.2, 0.25) is 0 Å². The number of hydrogen-bond acceptors (Lipinski definition) is 3. The molecule has 0 atom stereocenters. The van der Waals surface area contributed by atoms with Gasteiger partial charge in [-0.15, -0.1) is 0 Å². The molecular formula is C13H9NO2. The molecule has 78 valence electrons. The molecule has 0 saturated carbocycles. The molecule has 2 heterocycles. The zero-order valence-electron chi connectivity index (χ0n) is 8.73. The molecule has 0 aliphatic rings. The number of para-hydroxylation sites is 1. The zero-order valence-corrected chi connectivity index (χ0v) is 8.73. The fourth-order valence-electron chi connectivity index (χ4n) is 1.95. The van der Waals surface area contributed by atoms with Gasteiger partial charge in [-0.05, 0) is 13.0 Å². The molecule has 16 heavy (non-hydrogen) atoms. The smallest absolute Gasteiger partial charge is 0.185 e. The summed E-state index contributed by atoms with van der Waals surface area (Å²) < 4.78 is 5.43. The van der Waals surface area contributed by atoms with Crippen LogP contribution in [0.1, 0.15) is 16.1 Å². The van der Waals surface area contributed by atoms with Crippen molar-refractivity contribution in [3.05, 3.63) is 41.7 Å². The Morgan fingerprint density at radius 3 is 2.88 bits per heavy atom. The van der Waals surface area contributed by atoms with Crippen LogP contribution in [0.25, 0.3) is 22.0 Å². The van der Waals surface area contributed by atoms with Crippen LogP contribution in [0.2, 0.25) is 0 Å². The van der Waals surface area contributed by atoms with Gasteiger partial charge in [0.15, 0.2) is 17.6 Å². The first kappa shape index (κ1) is 9.09. The van der Waals surface area contributed by atoms with Crippen LogP contribution in [0.5, 0.6) is 0 Å². The van der Waals surface area contributed by atoms with Gasteiger partial charge in [0.1, 0.15) is 5.52 Å². The number of rotatable bonds is 1. The summed E-state index contributed by atoms with van der Waals surface area (Å²) >= 11 is 0. The van der Waals surface area contributed by atoms with Gasteiger partial charge in [0, 0.05) is 17.0 Å². The summed E-state index contributed by atoms with van der Waals surface area (Å²) in [6.07, 6.45) is 0.700. The molecule has 3 heteroatoms. The van der Waals surface area contributed by atoms with Crippen molar-refractivity contribution in [2.24, 2.45) is 0 Å². The Bertz CT molecular complexity index is 698. The topological polar surface area (TPSA) is 43.1 Å². The van der Waals surface area contributed by atoms with E-state index in [1.54, 1.807) is 6.07 Å². The number of carbonyl (C=O) groups excluding carboxylic acids is 1. The van der Waals surface area contributed by atoms with E-state index in [0.29, 0.717) is 17.6 Å². The average molecular weight is 211 g/mol. The third-order valence-corrected chi connectivity index (χ3v) is 2.74. The van der Waals surface area contributed by atoms with Crippen molar-refractivity contribution in [3.8, 4) is 0 Å². The largest absolute Gasteiger partial charge is 0.451 e. The quantitative estimate of drug-likeness (QED) is 0.581. The Balaban J connectivity index is 2.52. The summed E-state index contributed by atoms with van der Waals surface area (Å²) in [5.74, 6) is 0.320. The number of pyridine rings is 1. The Labute approximate surface area is 91.7 Å². The second kappa shape index (κ2) is 3.17.